The molecule has 0 unspecified atom stereocenters. The first-order chi connectivity index (χ1) is 9.95. The molecule has 0 heterocycles. The lowest BCUT2D eigenvalue weighted by atomic mass is 10.3. The van der Waals surface area contributed by atoms with Crippen molar-refractivity contribution in [3.63, 3.8) is 0 Å². The predicted octanol–water partition coefficient (Wildman–Crippen LogP) is 2.39. The maximum Gasteiger partial charge on any atom is 0.288 e. The Morgan fingerprint density at radius 2 is 2.29 bits per heavy atom. The molecule has 0 atom stereocenters. The van der Waals surface area contributed by atoms with Crippen molar-refractivity contribution in [1.82, 2.24) is 4.90 Å². The SMILES string of the molecule is CN(CCC#N)C(=O)CCOc1ccc([N+](=O)[O-])c(Cl)c1. The van der Waals surface area contributed by atoms with Gasteiger partial charge in [0.15, 0.2) is 0 Å². The van der Waals surface area contributed by atoms with E-state index in [1.807, 2.05) is 6.07 Å². The van der Waals surface area contributed by atoms with E-state index in [0.29, 0.717) is 12.3 Å². The number of carbonyl (C=O) groups excluding carboxylic acids is 1. The van der Waals surface area contributed by atoms with E-state index in [9.17, 15) is 14.9 Å². The molecule has 0 saturated heterocycles. The number of nitro benzene ring substituents is 1. The molecule has 0 saturated carbocycles. The normalized spacial score (nSPS) is 9.76. The Morgan fingerprint density at radius 1 is 1.57 bits per heavy atom. The van der Waals surface area contributed by atoms with Crippen molar-refractivity contribution >= 4 is 23.2 Å². The van der Waals surface area contributed by atoms with Gasteiger partial charge in [-0.1, -0.05) is 11.6 Å². The van der Waals surface area contributed by atoms with Crippen molar-refractivity contribution in [2.24, 2.45) is 0 Å². The molecule has 0 bridgehead atoms. The molecule has 1 amide bonds. The molecule has 0 aliphatic heterocycles. The van der Waals surface area contributed by atoms with Gasteiger partial charge < -0.3 is 9.64 Å². The van der Waals surface area contributed by atoms with E-state index < -0.39 is 4.92 Å². The number of nitrogens with zero attached hydrogens (tertiary/aromatic N) is 3. The average Bonchev–Trinajstić information content (AvgIpc) is 2.44. The van der Waals surface area contributed by atoms with E-state index in [1.165, 1.54) is 23.1 Å². The Kier molecular flexibility index (Phi) is 6.43. The first-order valence-electron chi connectivity index (χ1n) is 6.13. The summed E-state index contributed by atoms with van der Waals surface area (Å²) >= 11 is 5.75. The lowest BCUT2D eigenvalue weighted by Crippen LogP contribution is -2.28. The number of nitriles is 1. The minimum atomic E-state index is -0.584. The fourth-order valence-corrected chi connectivity index (χ4v) is 1.75. The standard InChI is InChI=1S/C13H14ClN3O4/c1-16(7-2-6-15)13(18)5-8-21-10-3-4-12(17(19)20)11(14)9-10/h3-4,9H,2,5,7-8H2,1H3. The molecule has 0 radical (unpaired) electrons. The largest absolute Gasteiger partial charge is 0.493 e. The zero-order chi connectivity index (χ0) is 15.8. The van der Waals surface area contributed by atoms with Gasteiger partial charge in [-0.15, -0.1) is 0 Å². The van der Waals surface area contributed by atoms with Crippen LogP contribution in [0.3, 0.4) is 0 Å². The van der Waals surface area contributed by atoms with Gasteiger partial charge in [-0.3, -0.25) is 14.9 Å². The minimum Gasteiger partial charge on any atom is -0.493 e. The van der Waals surface area contributed by atoms with Crippen LogP contribution < -0.4 is 4.74 Å². The molecule has 21 heavy (non-hydrogen) atoms. The molecular weight excluding hydrogens is 298 g/mol. The highest BCUT2D eigenvalue weighted by atomic mass is 35.5. The van der Waals surface area contributed by atoms with Crippen molar-refractivity contribution in [2.45, 2.75) is 12.8 Å². The third kappa shape index (κ3) is 5.28. The number of amides is 1. The van der Waals surface area contributed by atoms with E-state index >= 15 is 0 Å². The smallest absolute Gasteiger partial charge is 0.288 e. The van der Waals surface area contributed by atoms with Crippen LogP contribution in [0.2, 0.25) is 5.02 Å². The Balaban J connectivity index is 2.46. The third-order valence-corrected chi connectivity index (χ3v) is 2.99. The summed E-state index contributed by atoms with van der Waals surface area (Å²) in [5, 5.41) is 19.0. The number of nitro groups is 1. The molecule has 0 aromatic heterocycles. The monoisotopic (exact) mass is 311 g/mol. The quantitative estimate of drug-likeness (QED) is 0.569. The Morgan fingerprint density at radius 3 is 2.86 bits per heavy atom. The van der Waals surface area contributed by atoms with Crippen molar-refractivity contribution in [1.29, 1.82) is 5.26 Å². The van der Waals surface area contributed by atoms with Crippen LogP contribution in [-0.2, 0) is 4.79 Å². The molecule has 0 N–H and O–H groups in total. The number of ether oxygens (including phenoxy) is 1. The van der Waals surface area contributed by atoms with Crippen molar-refractivity contribution in [2.75, 3.05) is 20.2 Å². The van der Waals surface area contributed by atoms with Gasteiger partial charge in [0.05, 0.1) is 30.4 Å². The van der Waals surface area contributed by atoms with Crippen molar-refractivity contribution in [3.8, 4) is 11.8 Å². The molecule has 0 fully saturated rings. The van der Waals surface area contributed by atoms with E-state index in [4.69, 9.17) is 21.6 Å². The molecule has 1 aromatic carbocycles. The molecule has 0 spiro atoms. The summed E-state index contributed by atoms with van der Waals surface area (Å²) in [6.07, 6.45) is 0.428. The van der Waals surface area contributed by atoms with Crippen molar-refractivity contribution in [3.05, 3.63) is 33.3 Å². The lowest BCUT2D eigenvalue weighted by molar-refractivity contribution is -0.384. The highest BCUT2D eigenvalue weighted by Gasteiger charge is 2.13. The average molecular weight is 312 g/mol. The first-order valence-corrected chi connectivity index (χ1v) is 6.51. The number of benzene rings is 1. The number of halogens is 1. The second-order valence-corrected chi connectivity index (χ2v) is 4.60. The second kappa shape index (κ2) is 8.07. The van der Waals surface area contributed by atoms with Gasteiger partial charge in [0.25, 0.3) is 5.69 Å². The third-order valence-electron chi connectivity index (χ3n) is 2.69. The fourth-order valence-electron chi connectivity index (χ4n) is 1.51. The predicted molar refractivity (Wildman–Crippen MR) is 76.1 cm³/mol. The summed E-state index contributed by atoms with van der Waals surface area (Å²) < 4.78 is 5.33. The van der Waals surface area contributed by atoms with Gasteiger partial charge in [0, 0.05) is 25.7 Å². The number of hydrogen-bond donors (Lipinski definition) is 0. The summed E-state index contributed by atoms with van der Waals surface area (Å²) in [7, 11) is 1.61. The van der Waals surface area contributed by atoms with E-state index in [-0.39, 0.29) is 36.1 Å². The van der Waals surface area contributed by atoms with Gasteiger partial charge in [-0.25, -0.2) is 0 Å². The molecule has 1 rings (SSSR count). The number of carbonyl (C=O) groups is 1. The summed E-state index contributed by atoms with van der Waals surface area (Å²) in [4.78, 5) is 23.1. The molecule has 0 aliphatic rings. The van der Waals surface area contributed by atoms with Crippen LogP contribution in [0.4, 0.5) is 5.69 Å². The molecule has 8 heteroatoms. The molecule has 112 valence electrons. The Hall–Kier alpha value is -2.33. The number of rotatable bonds is 7. The summed E-state index contributed by atoms with van der Waals surface area (Å²) in [6.45, 7) is 0.503. The van der Waals surface area contributed by atoms with Crippen LogP contribution in [0, 0.1) is 21.4 Å². The molecule has 1 aromatic rings. The van der Waals surface area contributed by atoms with Gasteiger partial charge in [0.2, 0.25) is 5.91 Å². The highest BCUT2D eigenvalue weighted by molar-refractivity contribution is 6.32. The topological polar surface area (TPSA) is 96.5 Å². The maximum atomic E-state index is 11.7. The van der Waals surface area contributed by atoms with Gasteiger partial charge in [-0.05, 0) is 6.07 Å². The van der Waals surface area contributed by atoms with Crippen LogP contribution >= 0.6 is 11.6 Å². The van der Waals surface area contributed by atoms with Crippen LogP contribution in [0.5, 0.6) is 5.75 Å². The van der Waals surface area contributed by atoms with Crippen LogP contribution in [0.15, 0.2) is 18.2 Å². The molecular formula is C13H14ClN3O4. The first kappa shape index (κ1) is 16.7. The Labute approximate surface area is 126 Å². The zero-order valence-corrected chi connectivity index (χ0v) is 12.2. The minimum absolute atomic E-state index is 0.0186. The van der Waals surface area contributed by atoms with Crippen LogP contribution in [0.25, 0.3) is 0 Å². The Bertz CT molecular complexity index is 571. The van der Waals surface area contributed by atoms with Crippen LogP contribution in [0.1, 0.15) is 12.8 Å². The van der Waals surface area contributed by atoms with E-state index in [1.54, 1.807) is 7.05 Å². The molecule has 7 nitrogen and oxygen atoms in total. The maximum absolute atomic E-state index is 11.7. The zero-order valence-electron chi connectivity index (χ0n) is 11.4. The van der Waals surface area contributed by atoms with E-state index in [2.05, 4.69) is 0 Å². The van der Waals surface area contributed by atoms with Gasteiger partial charge in [-0.2, -0.15) is 5.26 Å². The number of hydrogen-bond acceptors (Lipinski definition) is 5. The van der Waals surface area contributed by atoms with Crippen LogP contribution in [-0.4, -0.2) is 35.9 Å². The molecule has 0 aliphatic carbocycles. The fraction of sp³-hybridized carbons (Fsp3) is 0.385. The lowest BCUT2D eigenvalue weighted by Gasteiger charge is -2.15. The van der Waals surface area contributed by atoms with Crippen molar-refractivity contribution < 1.29 is 14.5 Å². The van der Waals surface area contributed by atoms with E-state index in [0.717, 1.165) is 0 Å². The van der Waals surface area contributed by atoms with Gasteiger partial charge >= 0.3 is 0 Å². The summed E-state index contributed by atoms with van der Waals surface area (Å²) in [5.74, 6) is 0.219. The highest BCUT2D eigenvalue weighted by Crippen LogP contribution is 2.28. The summed E-state index contributed by atoms with van der Waals surface area (Å²) in [5.41, 5.74) is -0.198. The summed E-state index contributed by atoms with van der Waals surface area (Å²) in [6, 6.07) is 5.97. The van der Waals surface area contributed by atoms with Gasteiger partial charge in [0.1, 0.15) is 10.8 Å². The second-order valence-electron chi connectivity index (χ2n) is 4.19.